The van der Waals surface area contributed by atoms with Crippen molar-refractivity contribution in [2.24, 2.45) is 0 Å². The van der Waals surface area contributed by atoms with Crippen LogP contribution >= 0.6 is 0 Å². The standard InChI is InChI=1S/C21H25N3O6.C20H24N2O5/c1-20(2,3)29-18(25)24(19(26)30-21(4,5)6)17-16-8-7-14(10-12-23(27)28)13-15(16)9-11-22-17;1-19(2,3)26-17(24)22(18(25)27-20(4,5)6)16-15-8-7-13(12-23)11-14(15)9-10-21-16/h7-13H,1-6H3;7-12H,1-6H3/b12-10+;. The lowest BCUT2D eigenvalue weighted by molar-refractivity contribution is -0.400. The van der Waals surface area contributed by atoms with Crippen molar-refractivity contribution < 1.29 is 47.8 Å². The first-order chi connectivity index (χ1) is 26.2. The van der Waals surface area contributed by atoms with Gasteiger partial charge in [0.15, 0.2) is 11.6 Å². The van der Waals surface area contributed by atoms with E-state index in [9.17, 15) is 34.1 Å². The SMILES string of the molecule is CC(C)(C)OC(=O)N(C(=O)OC(C)(C)C)c1nccc2cc(/C=C/[N+](=O)[O-])ccc12.CC(C)(C)OC(=O)N(C(=O)OC(C)(C)C)c1nccc2cc(C=O)ccc12. The van der Waals surface area contributed by atoms with Gasteiger partial charge in [0, 0.05) is 34.8 Å². The normalized spacial score (nSPS) is 11.9. The van der Waals surface area contributed by atoms with Crippen LogP contribution in [0.15, 0.2) is 67.1 Å². The molecule has 0 saturated carbocycles. The van der Waals surface area contributed by atoms with Gasteiger partial charge in [-0.25, -0.2) is 29.1 Å². The van der Waals surface area contributed by atoms with E-state index in [1.165, 1.54) is 18.5 Å². The predicted molar refractivity (Wildman–Crippen MR) is 215 cm³/mol. The fraction of sp³-hybridized carbons (Fsp3) is 0.390. The van der Waals surface area contributed by atoms with Crippen LogP contribution in [0.3, 0.4) is 0 Å². The van der Waals surface area contributed by atoms with Crippen molar-refractivity contribution >= 4 is 69.9 Å². The number of hydrogen-bond acceptors (Lipinski definition) is 13. The molecule has 0 fully saturated rings. The lowest BCUT2D eigenvalue weighted by Gasteiger charge is -2.28. The Balaban J connectivity index is 0.000000307. The number of ether oxygens (including phenoxy) is 4. The summed E-state index contributed by atoms with van der Waals surface area (Å²) in [7, 11) is 0. The van der Waals surface area contributed by atoms with E-state index in [-0.39, 0.29) is 11.6 Å². The van der Waals surface area contributed by atoms with Crippen molar-refractivity contribution in [3.63, 3.8) is 0 Å². The van der Waals surface area contributed by atoms with Crippen molar-refractivity contribution in [2.45, 2.75) is 105 Å². The average molecular weight is 788 g/mol. The molecule has 0 aliphatic heterocycles. The maximum Gasteiger partial charge on any atom is 0.425 e. The molecule has 4 amide bonds. The molecule has 2 heterocycles. The molecule has 0 atom stereocenters. The summed E-state index contributed by atoms with van der Waals surface area (Å²) in [6.07, 6.45) is 2.15. The second-order valence-electron chi connectivity index (χ2n) is 16.5. The van der Waals surface area contributed by atoms with E-state index in [2.05, 4.69) is 9.97 Å². The summed E-state index contributed by atoms with van der Waals surface area (Å²) in [6.45, 7) is 20.3. The van der Waals surface area contributed by atoms with Crippen LogP contribution < -0.4 is 9.80 Å². The van der Waals surface area contributed by atoms with Crippen LogP contribution in [0.25, 0.3) is 27.6 Å². The minimum Gasteiger partial charge on any atom is -0.443 e. The van der Waals surface area contributed by atoms with Gasteiger partial charge in [-0.2, -0.15) is 9.80 Å². The van der Waals surface area contributed by atoms with Gasteiger partial charge in [0.05, 0.1) is 4.92 Å². The Kier molecular flexibility index (Phi) is 13.8. The fourth-order valence-corrected chi connectivity index (χ4v) is 4.77. The molecule has 16 heteroatoms. The number of aldehydes is 1. The third-order valence-electron chi connectivity index (χ3n) is 6.79. The summed E-state index contributed by atoms with van der Waals surface area (Å²) < 4.78 is 21.5. The molecular formula is C41H49N5O11. The Morgan fingerprint density at radius 1 is 0.579 bits per heavy atom. The predicted octanol–water partition coefficient (Wildman–Crippen LogP) is 9.88. The largest absolute Gasteiger partial charge is 0.443 e. The highest BCUT2D eigenvalue weighted by Gasteiger charge is 2.36. The van der Waals surface area contributed by atoms with E-state index in [0.29, 0.717) is 32.7 Å². The molecule has 0 radical (unpaired) electrons. The van der Waals surface area contributed by atoms with Gasteiger partial charge in [0.2, 0.25) is 6.20 Å². The molecule has 0 spiro atoms. The van der Waals surface area contributed by atoms with Gasteiger partial charge in [-0.1, -0.05) is 18.2 Å². The maximum atomic E-state index is 12.9. The van der Waals surface area contributed by atoms with Gasteiger partial charge in [-0.05, 0) is 130 Å². The number of amides is 4. The molecule has 4 rings (SSSR count). The molecule has 57 heavy (non-hydrogen) atoms. The first-order valence-electron chi connectivity index (χ1n) is 17.7. The number of hydrogen-bond donors (Lipinski definition) is 0. The van der Waals surface area contributed by atoms with Crippen molar-refractivity contribution in [2.75, 3.05) is 9.80 Å². The summed E-state index contributed by atoms with van der Waals surface area (Å²) in [5, 5.41) is 12.8. The van der Waals surface area contributed by atoms with Gasteiger partial charge in [-0.3, -0.25) is 14.9 Å². The van der Waals surface area contributed by atoms with E-state index in [1.807, 2.05) is 0 Å². The first kappa shape index (κ1) is 44.9. The molecule has 0 saturated heterocycles. The Labute approximate surface area is 330 Å². The van der Waals surface area contributed by atoms with E-state index in [1.54, 1.807) is 132 Å². The Bertz CT molecular complexity index is 2130. The number of fused-ring (bicyclic) bond motifs is 2. The lowest BCUT2D eigenvalue weighted by Crippen LogP contribution is -2.44. The molecule has 0 bridgehead atoms. The second-order valence-corrected chi connectivity index (χ2v) is 16.5. The number of pyridine rings is 2. The molecule has 0 aliphatic rings. The Hall–Kier alpha value is -6.45. The van der Waals surface area contributed by atoms with Crippen molar-refractivity contribution in [3.05, 3.63) is 88.4 Å². The number of carbonyl (C=O) groups is 5. The van der Waals surface area contributed by atoms with Crippen LogP contribution in [0.1, 0.15) is 99.0 Å². The zero-order valence-electron chi connectivity index (χ0n) is 34.2. The molecule has 2 aromatic heterocycles. The Morgan fingerprint density at radius 3 is 1.23 bits per heavy atom. The molecule has 2 aromatic carbocycles. The van der Waals surface area contributed by atoms with Crippen LogP contribution in [-0.4, -0.2) is 68.0 Å². The fourth-order valence-electron chi connectivity index (χ4n) is 4.77. The third kappa shape index (κ3) is 13.7. The lowest BCUT2D eigenvalue weighted by atomic mass is 10.1. The van der Waals surface area contributed by atoms with Crippen molar-refractivity contribution in [1.29, 1.82) is 0 Å². The number of aromatic nitrogens is 2. The highest BCUT2D eigenvalue weighted by molar-refractivity contribution is 6.15. The van der Waals surface area contributed by atoms with Crippen LogP contribution in [0.5, 0.6) is 0 Å². The third-order valence-corrected chi connectivity index (χ3v) is 6.79. The molecular weight excluding hydrogens is 738 g/mol. The quantitative estimate of drug-likeness (QED) is 0.0802. The minimum atomic E-state index is -0.922. The molecule has 4 aromatic rings. The number of nitro groups is 1. The Morgan fingerprint density at radius 2 is 0.912 bits per heavy atom. The second kappa shape index (κ2) is 17.6. The molecule has 0 unspecified atom stereocenters. The molecule has 304 valence electrons. The van der Waals surface area contributed by atoms with E-state index >= 15 is 0 Å². The number of carbonyl (C=O) groups excluding carboxylic acids is 5. The van der Waals surface area contributed by atoms with E-state index < -0.39 is 51.7 Å². The van der Waals surface area contributed by atoms with Gasteiger partial charge in [0.25, 0.3) is 0 Å². The summed E-state index contributed by atoms with van der Waals surface area (Å²) in [5.41, 5.74) is -2.26. The van der Waals surface area contributed by atoms with Gasteiger partial charge >= 0.3 is 24.4 Å². The minimum absolute atomic E-state index is 0.0424. The zero-order valence-corrected chi connectivity index (χ0v) is 34.2. The molecule has 16 nitrogen and oxygen atoms in total. The summed E-state index contributed by atoms with van der Waals surface area (Å²) in [5.74, 6) is 0.120. The summed E-state index contributed by atoms with van der Waals surface area (Å²) in [6, 6.07) is 13.2. The van der Waals surface area contributed by atoms with Crippen molar-refractivity contribution in [3.8, 4) is 0 Å². The average Bonchev–Trinajstić information content (AvgIpc) is 3.04. The summed E-state index contributed by atoms with van der Waals surface area (Å²) in [4.78, 5) is 82.2. The molecule has 0 aliphatic carbocycles. The van der Waals surface area contributed by atoms with E-state index in [4.69, 9.17) is 18.9 Å². The van der Waals surface area contributed by atoms with Crippen LogP contribution in [0.2, 0.25) is 0 Å². The van der Waals surface area contributed by atoms with Gasteiger partial charge in [0.1, 0.15) is 28.7 Å². The first-order valence-corrected chi connectivity index (χ1v) is 17.7. The summed E-state index contributed by atoms with van der Waals surface area (Å²) >= 11 is 0. The highest BCUT2D eigenvalue weighted by atomic mass is 16.6. The number of rotatable bonds is 5. The van der Waals surface area contributed by atoms with Crippen LogP contribution in [0, 0.1) is 10.1 Å². The molecule has 0 N–H and O–H groups in total. The van der Waals surface area contributed by atoms with Gasteiger partial charge < -0.3 is 18.9 Å². The van der Waals surface area contributed by atoms with Crippen LogP contribution in [0.4, 0.5) is 30.8 Å². The van der Waals surface area contributed by atoms with Gasteiger partial charge in [-0.15, -0.1) is 0 Å². The van der Waals surface area contributed by atoms with Crippen LogP contribution in [-0.2, 0) is 18.9 Å². The number of benzene rings is 2. The van der Waals surface area contributed by atoms with Crippen molar-refractivity contribution in [1.82, 2.24) is 9.97 Å². The number of anilines is 2. The maximum absolute atomic E-state index is 12.9. The topological polar surface area (TPSA) is 198 Å². The highest BCUT2D eigenvalue weighted by Crippen LogP contribution is 2.30. The smallest absolute Gasteiger partial charge is 0.425 e. The van der Waals surface area contributed by atoms with E-state index in [0.717, 1.165) is 22.3 Å². The number of imide groups is 2. The monoisotopic (exact) mass is 787 g/mol. The zero-order chi connectivity index (χ0) is 43.1. The number of nitrogens with zero attached hydrogens (tertiary/aromatic N) is 5.